The third-order valence-corrected chi connectivity index (χ3v) is 28.9. The highest BCUT2D eigenvalue weighted by atomic mass is 15.2. The van der Waals surface area contributed by atoms with Crippen molar-refractivity contribution in [3.05, 3.63) is 298 Å². The third-order valence-electron chi connectivity index (χ3n) is 28.9. The first kappa shape index (κ1) is 74.8. The Morgan fingerprint density at radius 1 is 0.381 bits per heavy atom. The molecule has 113 heavy (non-hydrogen) atoms. The van der Waals surface area contributed by atoms with E-state index in [1.54, 1.807) is 0 Å². The zero-order chi connectivity index (χ0) is 80.1. The van der Waals surface area contributed by atoms with Crippen molar-refractivity contribution in [3.63, 3.8) is 0 Å². The molecule has 10 heterocycles. The minimum atomic E-state index is -0.0556. The van der Waals surface area contributed by atoms with Gasteiger partial charge in [0.25, 0.3) is 22.8 Å². The number of hydrogen-bond acceptors (Lipinski definition) is 0. The molecular formula is C105H114N8+4. The Kier molecular flexibility index (Phi) is 17.2. The number of benzene rings is 10. The van der Waals surface area contributed by atoms with E-state index in [2.05, 4.69) is 434 Å². The molecular weight excluding hydrogens is 1370 g/mol. The van der Waals surface area contributed by atoms with Gasteiger partial charge in [-0.3, -0.25) is 0 Å². The van der Waals surface area contributed by atoms with Gasteiger partial charge in [0.05, 0.1) is 49.9 Å². The molecule has 3 aliphatic heterocycles. The maximum absolute atomic E-state index is 2.59. The van der Waals surface area contributed by atoms with Gasteiger partial charge in [-0.2, -0.15) is 17.8 Å². The van der Waals surface area contributed by atoms with Crippen LogP contribution in [0.15, 0.2) is 225 Å². The van der Waals surface area contributed by atoms with Gasteiger partial charge in [-0.05, 0) is 91.1 Å². The second-order valence-corrected chi connectivity index (χ2v) is 37.2. The summed E-state index contributed by atoms with van der Waals surface area (Å²) in [5.74, 6) is 2.04. The van der Waals surface area contributed by atoms with E-state index in [9.17, 15) is 0 Å². The lowest BCUT2D eigenvalue weighted by molar-refractivity contribution is -0.659. The van der Waals surface area contributed by atoms with E-state index in [1.807, 2.05) is 0 Å². The van der Waals surface area contributed by atoms with Crippen LogP contribution in [0.2, 0.25) is 0 Å². The molecule has 0 bridgehead atoms. The molecule has 17 aromatic rings. The zero-order valence-corrected chi connectivity index (χ0v) is 71.6. The van der Waals surface area contributed by atoms with Crippen molar-refractivity contribution < 1.29 is 18.1 Å². The van der Waals surface area contributed by atoms with Gasteiger partial charge in [-0.1, -0.05) is 299 Å². The number of imidazole rings is 4. The number of nitrogens with zero attached hydrogens (tertiary/aromatic N) is 8. The molecule has 0 spiro atoms. The van der Waals surface area contributed by atoms with Crippen molar-refractivity contribution in [1.82, 2.24) is 17.9 Å². The lowest BCUT2D eigenvalue weighted by atomic mass is 9.60. The maximum Gasteiger partial charge on any atom is 0.295 e. The number of aryl methyl sites for hydroxylation is 8. The smallest absolute Gasteiger partial charge is 0.232 e. The quantitative estimate of drug-likeness (QED) is 0.117. The number of pyridine rings is 3. The predicted molar refractivity (Wildman–Crippen MR) is 474 cm³/mol. The van der Waals surface area contributed by atoms with Crippen LogP contribution in [0.3, 0.4) is 0 Å². The molecule has 0 N–H and O–H groups in total. The van der Waals surface area contributed by atoms with Crippen molar-refractivity contribution in [3.8, 4) is 39.5 Å². The fourth-order valence-electron chi connectivity index (χ4n) is 20.6. The van der Waals surface area contributed by atoms with Crippen molar-refractivity contribution in [1.29, 1.82) is 0 Å². The Morgan fingerprint density at radius 2 is 0.823 bits per heavy atom. The topological polar surface area (TPSA) is 34.4 Å². The lowest BCUT2D eigenvalue weighted by Crippen LogP contribution is -2.51. The summed E-state index contributed by atoms with van der Waals surface area (Å²) in [5.41, 5.74) is 34.1. The normalized spacial score (nSPS) is 15.7. The molecule has 0 aliphatic carbocycles. The van der Waals surface area contributed by atoms with E-state index in [1.165, 1.54) is 194 Å². The molecule has 8 heteroatoms. The van der Waals surface area contributed by atoms with Gasteiger partial charge in [0.2, 0.25) is 0 Å². The second-order valence-electron chi connectivity index (χ2n) is 37.2. The molecule has 7 aromatic heterocycles. The van der Waals surface area contributed by atoms with E-state index >= 15 is 0 Å². The summed E-state index contributed by atoms with van der Waals surface area (Å²) >= 11 is 0. The molecule has 0 unspecified atom stereocenters. The first-order valence-electron chi connectivity index (χ1n) is 41.1. The molecule has 20 rings (SSSR count). The van der Waals surface area contributed by atoms with E-state index in [0.717, 1.165) is 0 Å². The summed E-state index contributed by atoms with van der Waals surface area (Å²) in [4.78, 5) is 0. The molecule has 0 fully saturated rings. The van der Waals surface area contributed by atoms with Crippen LogP contribution in [-0.4, -0.2) is 17.9 Å². The van der Waals surface area contributed by atoms with Crippen molar-refractivity contribution in [2.75, 3.05) is 0 Å². The van der Waals surface area contributed by atoms with Crippen LogP contribution in [0.25, 0.3) is 121 Å². The molecule has 0 amide bonds. The Labute approximate surface area is 668 Å². The number of hydrogen-bond donors (Lipinski definition) is 0. The molecule has 0 atom stereocenters. The van der Waals surface area contributed by atoms with E-state index in [0.29, 0.717) is 11.8 Å². The molecule has 3 aliphatic rings. The summed E-state index contributed by atoms with van der Waals surface area (Å²) in [6, 6.07) is 75.9. The summed E-state index contributed by atoms with van der Waals surface area (Å²) in [7, 11) is 8.80. The van der Waals surface area contributed by atoms with Gasteiger partial charge in [0.15, 0.2) is 22.8 Å². The van der Waals surface area contributed by atoms with E-state index in [-0.39, 0.29) is 32.5 Å². The number of para-hydroxylation sites is 3. The predicted octanol–water partition coefficient (Wildman–Crippen LogP) is 24.0. The molecule has 10 aromatic carbocycles. The minimum absolute atomic E-state index is 0.0121. The second kappa shape index (κ2) is 26.0. The SMILES string of the molecule is Cc1cccc2c3cccc4c3[n+]3c(c(C)n(C)c3c12)C(C)(C)C4(C)C.Cc1cccc2c3cccc4c3n3c(c(-c5ccccc5)[n+](C)c3c12)C(C)(C)C4(C)C.Cc1cccc2c3cccc4c3n3c(c[n+](C)c3c12)C(C)(C)C4(C)C.Cc1ccccc1-c1n(-c2c(C(C)C)cc(-c3ccccc3)cc2C(C)C)cc[n+]1C. The number of aromatic nitrogens is 8. The molecule has 0 saturated carbocycles. The van der Waals surface area contributed by atoms with Gasteiger partial charge in [-0.15, -0.1) is 0 Å². The van der Waals surface area contributed by atoms with Crippen LogP contribution in [-0.2, 0) is 60.7 Å². The van der Waals surface area contributed by atoms with Gasteiger partial charge in [0.1, 0.15) is 46.5 Å². The standard InChI is InChI=1S/C29H29N2.C29H33N2.C24H27N2.C23H25N2/c1-18-12-10-15-20-21-16-11-17-22-25(21)31-26(29(4,5)28(22,2)3)24(19-13-8-7-9-14-19)30(6)27(31)23(18)20;1-20(2)26-18-24(23-13-8-7-9-14-23)19-27(21(3)4)28(26)31-17-16-30(6)29(31)25-15-11-10-12-22(25)5;1-14-10-8-11-16-17-12-9-13-18-20(17)26-21(24(5,6)23(18,3)4)15(2)25(7)22(26)19(14)16;1-14-9-7-10-15-16-11-8-12-17-20(16)25-18(23(4,5)22(17,2)3)13-24(6)21(25)19(14)15/h7-17H,1-6H3;7-21H,1-6H3;8-13H,1-7H3;7-13H,1-6H3/q4*+1. The van der Waals surface area contributed by atoms with Gasteiger partial charge < -0.3 is 0 Å². The Balaban J connectivity index is 0.000000110. The highest BCUT2D eigenvalue weighted by molar-refractivity contribution is 6.16. The number of fused-ring (bicyclic) bond motifs is 9. The van der Waals surface area contributed by atoms with Gasteiger partial charge in [-0.25, -0.2) is 18.3 Å². The third kappa shape index (κ3) is 10.4. The van der Waals surface area contributed by atoms with E-state index < -0.39 is 0 Å². The van der Waals surface area contributed by atoms with Gasteiger partial charge >= 0.3 is 0 Å². The first-order chi connectivity index (χ1) is 53.6. The Bertz CT molecular complexity index is 6800. The zero-order valence-electron chi connectivity index (χ0n) is 71.6. The van der Waals surface area contributed by atoms with Crippen molar-refractivity contribution in [2.45, 2.75) is 190 Å². The fourth-order valence-corrected chi connectivity index (χ4v) is 20.6. The van der Waals surface area contributed by atoms with Crippen LogP contribution in [0.1, 0.15) is 195 Å². The molecule has 570 valence electrons. The lowest BCUT2D eigenvalue weighted by Gasteiger charge is -2.43. The van der Waals surface area contributed by atoms with Crippen molar-refractivity contribution >= 4 is 82.0 Å². The Morgan fingerprint density at radius 3 is 1.37 bits per heavy atom. The first-order valence-corrected chi connectivity index (χ1v) is 41.1. The van der Waals surface area contributed by atoms with Crippen LogP contribution in [0.4, 0.5) is 0 Å². The van der Waals surface area contributed by atoms with Crippen LogP contribution in [0.5, 0.6) is 0 Å². The average Bonchev–Trinajstić information content (AvgIpc) is 1.57. The summed E-state index contributed by atoms with van der Waals surface area (Å²) < 4.78 is 19.5. The van der Waals surface area contributed by atoms with Crippen LogP contribution >= 0.6 is 0 Å². The van der Waals surface area contributed by atoms with Gasteiger partial charge in [0, 0.05) is 105 Å². The number of rotatable bonds is 6. The molecule has 0 saturated heterocycles. The Hall–Kier alpha value is -11.0. The maximum atomic E-state index is 2.59. The largest absolute Gasteiger partial charge is 0.295 e. The summed E-state index contributed by atoms with van der Waals surface area (Å²) in [5, 5.41) is 12.3. The van der Waals surface area contributed by atoms with Crippen molar-refractivity contribution in [2.24, 2.45) is 28.2 Å². The molecule has 0 radical (unpaired) electrons. The average molecular weight is 1490 g/mol. The monoisotopic (exact) mass is 1490 g/mol. The minimum Gasteiger partial charge on any atom is -0.232 e. The van der Waals surface area contributed by atoms with Crippen LogP contribution in [0, 0.1) is 34.6 Å². The highest BCUT2D eigenvalue weighted by Crippen LogP contribution is 2.56. The highest BCUT2D eigenvalue weighted by Gasteiger charge is 2.55. The molecule has 8 nitrogen and oxygen atoms in total. The summed E-state index contributed by atoms with van der Waals surface area (Å²) in [6.45, 7) is 49.3. The fraction of sp³-hybridized carbons (Fsp3) is 0.314. The van der Waals surface area contributed by atoms with E-state index in [4.69, 9.17) is 0 Å². The summed E-state index contributed by atoms with van der Waals surface area (Å²) in [6.07, 6.45) is 6.73. The van der Waals surface area contributed by atoms with Crippen LogP contribution < -0.4 is 18.1 Å².